The van der Waals surface area contributed by atoms with Crippen molar-refractivity contribution >= 4 is 11.5 Å². The molecule has 0 bridgehead atoms. The van der Waals surface area contributed by atoms with E-state index in [-0.39, 0.29) is 16.8 Å². The average Bonchev–Trinajstić information content (AvgIpc) is 2.52. The van der Waals surface area contributed by atoms with Crippen LogP contribution in [0.3, 0.4) is 0 Å². The van der Waals surface area contributed by atoms with E-state index >= 15 is 0 Å². The predicted octanol–water partition coefficient (Wildman–Crippen LogP) is 6.75. The topological polar surface area (TPSA) is 26.3 Å². The van der Waals surface area contributed by atoms with Gasteiger partial charge in [-0.05, 0) is 59.4 Å². The molecule has 0 saturated carbocycles. The molecule has 1 aromatic rings. The Morgan fingerprint density at radius 1 is 0.963 bits per heavy atom. The minimum Gasteiger partial charge on any atom is -0.463 e. The number of allylic oxidation sites excluding steroid dienone is 5. The zero-order valence-corrected chi connectivity index (χ0v) is 18.6. The molecular weight excluding hydrogens is 332 g/mol. The van der Waals surface area contributed by atoms with Gasteiger partial charge in [0.2, 0.25) is 0 Å². The molecule has 1 rings (SSSR count). The third-order valence-corrected chi connectivity index (χ3v) is 4.46. The molecule has 0 spiro atoms. The summed E-state index contributed by atoms with van der Waals surface area (Å²) >= 11 is 0. The summed E-state index contributed by atoms with van der Waals surface area (Å²) in [5.74, 6) is -0.298. The molecule has 0 atom stereocenters. The molecule has 0 fully saturated rings. The van der Waals surface area contributed by atoms with Crippen LogP contribution in [0.5, 0.6) is 0 Å². The Hall–Kier alpha value is -2.09. The molecule has 0 amide bonds. The highest BCUT2D eigenvalue weighted by Gasteiger charge is 2.20. The van der Waals surface area contributed by atoms with Crippen LogP contribution in [0.4, 0.5) is 0 Å². The van der Waals surface area contributed by atoms with Crippen LogP contribution in [0.15, 0.2) is 48.1 Å². The highest BCUT2D eigenvalue weighted by atomic mass is 16.5. The van der Waals surface area contributed by atoms with E-state index in [9.17, 15) is 4.79 Å². The Balaban J connectivity index is 3.18. The van der Waals surface area contributed by atoms with E-state index in [0.717, 1.165) is 5.57 Å². The van der Waals surface area contributed by atoms with Gasteiger partial charge >= 0.3 is 5.97 Å². The lowest BCUT2D eigenvalue weighted by Gasteiger charge is -2.26. The molecule has 0 aromatic heterocycles. The Kier molecular flexibility index (Phi) is 7.83. The van der Waals surface area contributed by atoms with Crippen LogP contribution in [0.2, 0.25) is 0 Å². The predicted molar refractivity (Wildman–Crippen MR) is 117 cm³/mol. The van der Waals surface area contributed by atoms with Gasteiger partial charge in [-0.15, -0.1) is 0 Å². The first-order valence-corrected chi connectivity index (χ1v) is 9.71. The normalized spacial score (nSPS) is 14.0. The molecule has 0 saturated heterocycles. The molecule has 0 radical (unpaired) electrons. The number of ether oxygens (including phenoxy) is 1. The van der Waals surface area contributed by atoms with Crippen LogP contribution in [0, 0.1) is 0 Å². The van der Waals surface area contributed by atoms with Crippen LogP contribution in [0.1, 0.15) is 79.0 Å². The van der Waals surface area contributed by atoms with Crippen LogP contribution in [0.25, 0.3) is 5.57 Å². The molecule has 0 heterocycles. The summed E-state index contributed by atoms with van der Waals surface area (Å²) < 4.78 is 4.93. The van der Waals surface area contributed by atoms with Crippen LogP contribution < -0.4 is 0 Å². The van der Waals surface area contributed by atoms with Gasteiger partial charge in [0.15, 0.2) is 0 Å². The number of carbonyl (C=O) groups is 1. The molecule has 0 aliphatic rings. The van der Waals surface area contributed by atoms with Gasteiger partial charge in [0, 0.05) is 6.08 Å². The monoisotopic (exact) mass is 368 g/mol. The fraction of sp³-hybridized carbons (Fsp3) is 0.480. The number of benzene rings is 1. The standard InChI is InChI=1S/C25H36O2/c1-10-27-23(26)14-18(2)12-11-13-19(3)20-15-21(24(4,5)6)17-22(16-20)25(7,8)9/h11-17H,10H2,1-9H3/b12-11+,18-14+,19-13+. The van der Waals surface area contributed by atoms with Gasteiger partial charge in [-0.25, -0.2) is 4.79 Å². The molecule has 0 aliphatic carbocycles. The van der Waals surface area contributed by atoms with Crippen molar-refractivity contribution in [1.82, 2.24) is 0 Å². The maximum atomic E-state index is 11.5. The minimum atomic E-state index is -0.298. The SMILES string of the molecule is CCOC(=O)/C=C(C)/C=C/C=C(\C)c1cc(C(C)(C)C)cc(C(C)(C)C)c1. The van der Waals surface area contributed by atoms with Crippen LogP contribution in [-0.4, -0.2) is 12.6 Å². The van der Waals surface area contributed by atoms with Gasteiger partial charge in [0.05, 0.1) is 6.61 Å². The number of esters is 1. The molecule has 2 nitrogen and oxygen atoms in total. The summed E-state index contributed by atoms with van der Waals surface area (Å²) in [6.45, 7) is 19.7. The van der Waals surface area contributed by atoms with Crippen molar-refractivity contribution in [3.63, 3.8) is 0 Å². The Bertz CT molecular complexity index is 715. The fourth-order valence-corrected chi connectivity index (χ4v) is 2.58. The second-order valence-corrected chi connectivity index (χ2v) is 9.15. The van der Waals surface area contributed by atoms with Crippen molar-refractivity contribution in [3.8, 4) is 0 Å². The van der Waals surface area contributed by atoms with E-state index in [0.29, 0.717) is 6.61 Å². The first kappa shape index (κ1) is 23.0. The smallest absolute Gasteiger partial charge is 0.330 e. The highest BCUT2D eigenvalue weighted by Crippen LogP contribution is 2.32. The van der Waals surface area contributed by atoms with Crippen LogP contribution >= 0.6 is 0 Å². The quantitative estimate of drug-likeness (QED) is 0.326. The second kappa shape index (κ2) is 9.21. The van der Waals surface area contributed by atoms with Crippen molar-refractivity contribution in [1.29, 1.82) is 0 Å². The van der Waals surface area contributed by atoms with Gasteiger partial charge in [-0.2, -0.15) is 0 Å². The zero-order chi connectivity index (χ0) is 20.8. The summed E-state index contributed by atoms with van der Waals surface area (Å²) in [6, 6.07) is 6.91. The highest BCUT2D eigenvalue weighted by molar-refractivity contribution is 5.83. The van der Waals surface area contributed by atoms with E-state index in [4.69, 9.17) is 4.74 Å². The molecule has 0 N–H and O–H groups in total. The maximum absolute atomic E-state index is 11.5. The van der Waals surface area contributed by atoms with Crippen molar-refractivity contribution in [2.24, 2.45) is 0 Å². The fourth-order valence-electron chi connectivity index (χ4n) is 2.58. The van der Waals surface area contributed by atoms with Gasteiger partial charge < -0.3 is 4.74 Å². The lowest BCUT2D eigenvalue weighted by Crippen LogP contribution is -2.16. The number of rotatable bonds is 5. The largest absolute Gasteiger partial charge is 0.463 e. The maximum Gasteiger partial charge on any atom is 0.330 e. The summed E-state index contributed by atoms with van der Waals surface area (Å²) in [4.78, 5) is 11.5. The van der Waals surface area contributed by atoms with Gasteiger partial charge in [-0.3, -0.25) is 0 Å². The summed E-state index contributed by atoms with van der Waals surface area (Å²) in [6.07, 6.45) is 7.53. The third kappa shape index (κ3) is 7.58. The third-order valence-electron chi connectivity index (χ3n) is 4.46. The van der Waals surface area contributed by atoms with E-state index in [2.05, 4.69) is 72.7 Å². The van der Waals surface area contributed by atoms with Crippen molar-refractivity contribution in [2.45, 2.75) is 73.1 Å². The van der Waals surface area contributed by atoms with E-state index < -0.39 is 0 Å². The van der Waals surface area contributed by atoms with Gasteiger partial charge in [0.25, 0.3) is 0 Å². The number of hydrogen-bond acceptors (Lipinski definition) is 2. The Labute approximate surface area is 166 Å². The number of hydrogen-bond donors (Lipinski definition) is 0. The Morgan fingerprint density at radius 2 is 1.48 bits per heavy atom. The lowest BCUT2D eigenvalue weighted by atomic mass is 9.79. The van der Waals surface area contributed by atoms with Crippen molar-refractivity contribution in [3.05, 3.63) is 64.8 Å². The molecule has 27 heavy (non-hydrogen) atoms. The first-order chi connectivity index (χ1) is 12.3. The van der Waals surface area contributed by atoms with Crippen LogP contribution in [-0.2, 0) is 20.4 Å². The van der Waals surface area contributed by atoms with Crippen molar-refractivity contribution in [2.75, 3.05) is 6.61 Å². The molecular formula is C25H36O2. The molecule has 0 unspecified atom stereocenters. The van der Waals surface area contributed by atoms with Gasteiger partial charge in [0.1, 0.15) is 0 Å². The molecule has 0 aliphatic heterocycles. The van der Waals surface area contributed by atoms with E-state index in [1.807, 2.05) is 19.1 Å². The average molecular weight is 369 g/mol. The van der Waals surface area contributed by atoms with Gasteiger partial charge in [-0.1, -0.05) is 78.0 Å². The second-order valence-electron chi connectivity index (χ2n) is 9.15. The zero-order valence-electron chi connectivity index (χ0n) is 18.6. The minimum absolute atomic E-state index is 0.102. The number of carbonyl (C=O) groups excluding carboxylic acids is 1. The lowest BCUT2D eigenvalue weighted by molar-refractivity contribution is -0.137. The molecule has 2 heteroatoms. The van der Waals surface area contributed by atoms with Crippen molar-refractivity contribution < 1.29 is 9.53 Å². The van der Waals surface area contributed by atoms with E-state index in [1.165, 1.54) is 28.3 Å². The summed E-state index contributed by atoms with van der Waals surface area (Å²) in [7, 11) is 0. The first-order valence-electron chi connectivity index (χ1n) is 9.71. The summed E-state index contributed by atoms with van der Waals surface area (Å²) in [5, 5.41) is 0. The molecule has 148 valence electrons. The Morgan fingerprint density at radius 3 is 1.93 bits per heavy atom. The molecule has 1 aromatic carbocycles. The summed E-state index contributed by atoms with van der Waals surface area (Å²) in [5.41, 5.74) is 6.21. The van der Waals surface area contributed by atoms with E-state index in [1.54, 1.807) is 6.92 Å².